The van der Waals surface area contributed by atoms with Gasteiger partial charge in [0.05, 0.1) is 18.8 Å². The molecule has 2 aliphatic rings. The number of morpholine rings is 1. The van der Waals surface area contributed by atoms with E-state index in [1.807, 2.05) is 0 Å². The first-order chi connectivity index (χ1) is 12.9. The quantitative estimate of drug-likeness (QED) is 0.490. The fourth-order valence-corrected chi connectivity index (χ4v) is 3.65. The van der Waals surface area contributed by atoms with Crippen molar-refractivity contribution >= 4 is 5.96 Å². The van der Waals surface area contributed by atoms with Gasteiger partial charge in [-0.25, -0.2) is 4.39 Å². The SMILES string of the molecule is CN=C(NCc1ccc(F)cc1C(F)(F)F)N1CCC(N2CCOCC2)C1. The Balaban J connectivity index is 1.62. The van der Waals surface area contributed by atoms with Gasteiger partial charge in [0.2, 0.25) is 0 Å². The fraction of sp³-hybridized carbons (Fsp3) is 0.611. The van der Waals surface area contributed by atoms with E-state index in [4.69, 9.17) is 4.74 Å². The average Bonchev–Trinajstić information content (AvgIpc) is 3.13. The number of nitrogens with one attached hydrogen (secondary N) is 1. The van der Waals surface area contributed by atoms with Gasteiger partial charge >= 0.3 is 6.18 Å². The fourth-order valence-electron chi connectivity index (χ4n) is 3.65. The van der Waals surface area contributed by atoms with Crippen molar-refractivity contribution in [2.75, 3.05) is 46.4 Å². The summed E-state index contributed by atoms with van der Waals surface area (Å²) in [6.45, 7) is 4.75. The Morgan fingerprint density at radius 1 is 1.26 bits per heavy atom. The average molecular weight is 388 g/mol. The lowest BCUT2D eigenvalue weighted by Crippen LogP contribution is -2.46. The number of rotatable bonds is 3. The van der Waals surface area contributed by atoms with Crippen molar-refractivity contribution in [2.24, 2.45) is 4.99 Å². The van der Waals surface area contributed by atoms with Gasteiger partial charge in [0.1, 0.15) is 5.82 Å². The molecule has 0 bridgehead atoms. The number of ether oxygens (including phenoxy) is 1. The molecule has 0 saturated carbocycles. The first-order valence-corrected chi connectivity index (χ1v) is 9.01. The third-order valence-electron chi connectivity index (χ3n) is 5.05. The Morgan fingerprint density at radius 2 is 2.00 bits per heavy atom. The largest absolute Gasteiger partial charge is 0.416 e. The maximum atomic E-state index is 13.2. The molecule has 2 saturated heterocycles. The highest BCUT2D eigenvalue weighted by atomic mass is 19.4. The van der Waals surface area contributed by atoms with E-state index in [2.05, 4.69) is 20.1 Å². The zero-order valence-electron chi connectivity index (χ0n) is 15.2. The number of halogens is 4. The Bertz CT molecular complexity index is 674. The molecule has 0 amide bonds. The van der Waals surface area contributed by atoms with Gasteiger partial charge in [-0.15, -0.1) is 0 Å². The van der Waals surface area contributed by atoms with Gasteiger partial charge in [0.15, 0.2) is 5.96 Å². The number of hydrogen-bond donors (Lipinski definition) is 1. The van der Waals surface area contributed by atoms with Gasteiger partial charge in [-0.2, -0.15) is 13.2 Å². The van der Waals surface area contributed by atoms with Crippen LogP contribution < -0.4 is 5.32 Å². The van der Waals surface area contributed by atoms with E-state index in [9.17, 15) is 17.6 Å². The summed E-state index contributed by atoms with van der Waals surface area (Å²) in [6.07, 6.45) is -3.62. The number of aliphatic imine (C=N–C) groups is 1. The van der Waals surface area contributed by atoms with Crippen molar-refractivity contribution < 1.29 is 22.3 Å². The van der Waals surface area contributed by atoms with Gasteiger partial charge < -0.3 is 15.0 Å². The molecule has 9 heteroatoms. The van der Waals surface area contributed by atoms with Crippen LogP contribution in [0.25, 0.3) is 0 Å². The summed E-state index contributed by atoms with van der Waals surface area (Å²) in [6, 6.07) is 3.13. The van der Waals surface area contributed by atoms with E-state index in [-0.39, 0.29) is 12.1 Å². The van der Waals surface area contributed by atoms with Crippen LogP contribution in [0.15, 0.2) is 23.2 Å². The summed E-state index contributed by atoms with van der Waals surface area (Å²) < 4.78 is 58.0. The van der Waals surface area contributed by atoms with Crippen LogP contribution in [0.4, 0.5) is 17.6 Å². The topological polar surface area (TPSA) is 40.1 Å². The van der Waals surface area contributed by atoms with Crippen molar-refractivity contribution in [1.29, 1.82) is 0 Å². The summed E-state index contributed by atoms with van der Waals surface area (Å²) in [5.74, 6) is -0.341. The highest BCUT2D eigenvalue weighted by molar-refractivity contribution is 5.80. The van der Waals surface area contributed by atoms with E-state index in [0.29, 0.717) is 18.1 Å². The summed E-state index contributed by atoms with van der Waals surface area (Å²) >= 11 is 0. The molecule has 5 nitrogen and oxygen atoms in total. The molecule has 2 aliphatic heterocycles. The maximum absolute atomic E-state index is 13.2. The summed E-state index contributed by atoms with van der Waals surface area (Å²) in [4.78, 5) is 8.65. The second kappa shape index (κ2) is 8.43. The molecular formula is C18H24F4N4O. The van der Waals surface area contributed by atoms with Crippen LogP contribution in [0.2, 0.25) is 0 Å². The molecule has 2 heterocycles. The molecule has 2 fully saturated rings. The first-order valence-electron chi connectivity index (χ1n) is 9.01. The molecule has 1 N–H and O–H groups in total. The molecule has 0 aromatic heterocycles. The van der Waals surface area contributed by atoms with Gasteiger partial charge in [0, 0.05) is 45.8 Å². The third kappa shape index (κ3) is 4.90. The lowest BCUT2D eigenvalue weighted by Gasteiger charge is -2.32. The highest BCUT2D eigenvalue weighted by Crippen LogP contribution is 2.32. The Kier molecular flexibility index (Phi) is 6.21. The Hall–Kier alpha value is -1.87. The van der Waals surface area contributed by atoms with Gasteiger partial charge in [0.25, 0.3) is 0 Å². The van der Waals surface area contributed by atoms with E-state index >= 15 is 0 Å². The maximum Gasteiger partial charge on any atom is 0.416 e. The number of hydrogen-bond acceptors (Lipinski definition) is 3. The minimum absolute atomic E-state index is 0.00558. The molecule has 3 rings (SSSR count). The van der Waals surface area contributed by atoms with Crippen LogP contribution in [-0.4, -0.2) is 68.2 Å². The van der Waals surface area contributed by atoms with E-state index in [1.165, 1.54) is 6.07 Å². The minimum Gasteiger partial charge on any atom is -0.379 e. The van der Waals surface area contributed by atoms with Crippen molar-refractivity contribution in [1.82, 2.24) is 15.1 Å². The van der Waals surface area contributed by atoms with Crippen LogP contribution in [0.1, 0.15) is 17.5 Å². The molecule has 0 spiro atoms. The molecule has 1 aromatic carbocycles. The molecule has 1 unspecified atom stereocenters. The molecule has 27 heavy (non-hydrogen) atoms. The molecule has 150 valence electrons. The van der Waals surface area contributed by atoms with Crippen LogP contribution in [0, 0.1) is 5.82 Å². The molecular weight excluding hydrogens is 364 g/mol. The van der Waals surface area contributed by atoms with E-state index in [0.717, 1.165) is 51.9 Å². The molecule has 0 radical (unpaired) electrons. The molecule has 1 atom stereocenters. The van der Waals surface area contributed by atoms with E-state index in [1.54, 1.807) is 7.05 Å². The van der Waals surface area contributed by atoms with Crippen LogP contribution in [0.5, 0.6) is 0 Å². The molecule has 1 aromatic rings. The summed E-state index contributed by atoms with van der Waals surface area (Å²) in [5.41, 5.74) is -0.966. The van der Waals surface area contributed by atoms with Gasteiger partial charge in [-0.05, 0) is 24.1 Å². The van der Waals surface area contributed by atoms with Crippen molar-refractivity contribution in [3.8, 4) is 0 Å². The lowest BCUT2D eigenvalue weighted by molar-refractivity contribution is -0.138. The van der Waals surface area contributed by atoms with Gasteiger partial charge in [-0.3, -0.25) is 9.89 Å². The number of nitrogens with zero attached hydrogens (tertiary/aromatic N) is 3. The van der Waals surface area contributed by atoms with Crippen LogP contribution in [-0.2, 0) is 17.5 Å². The minimum atomic E-state index is -4.60. The van der Waals surface area contributed by atoms with Gasteiger partial charge in [-0.1, -0.05) is 6.07 Å². The zero-order chi connectivity index (χ0) is 19.4. The van der Waals surface area contributed by atoms with Crippen LogP contribution >= 0.6 is 0 Å². The Morgan fingerprint density at radius 3 is 2.67 bits per heavy atom. The van der Waals surface area contributed by atoms with Crippen molar-refractivity contribution in [3.63, 3.8) is 0 Å². The Labute approximate surface area is 156 Å². The highest BCUT2D eigenvalue weighted by Gasteiger charge is 2.34. The smallest absolute Gasteiger partial charge is 0.379 e. The number of benzene rings is 1. The predicted octanol–water partition coefficient (Wildman–Crippen LogP) is 2.33. The number of likely N-dealkylation sites (tertiary alicyclic amines) is 1. The van der Waals surface area contributed by atoms with Crippen LogP contribution in [0.3, 0.4) is 0 Å². The predicted molar refractivity (Wildman–Crippen MR) is 94.0 cm³/mol. The zero-order valence-corrected chi connectivity index (χ0v) is 15.2. The lowest BCUT2D eigenvalue weighted by atomic mass is 10.1. The second-order valence-electron chi connectivity index (χ2n) is 6.74. The second-order valence-corrected chi connectivity index (χ2v) is 6.74. The summed E-state index contributed by atoms with van der Waals surface area (Å²) in [5, 5.41) is 2.99. The molecule has 0 aliphatic carbocycles. The summed E-state index contributed by atoms with van der Waals surface area (Å²) in [7, 11) is 1.61. The standard InChI is InChI=1S/C18H24F4N4O/c1-23-17(26-5-4-15(12-26)25-6-8-27-9-7-25)24-11-13-2-3-14(19)10-16(13)18(20,21)22/h2-3,10,15H,4-9,11-12H2,1H3,(H,23,24). The first kappa shape index (κ1) is 19.9. The van der Waals surface area contributed by atoms with E-state index < -0.39 is 17.6 Å². The third-order valence-corrected chi connectivity index (χ3v) is 5.05. The monoisotopic (exact) mass is 388 g/mol. The number of alkyl halides is 3. The number of guanidine groups is 1. The van der Waals surface area contributed by atoms with Crippen molar-refractivity contribution in [2.45, 2.75) is 25.2 Å². The normalized spacial score (nSPS) is 22.3. The van der Waals surface area contributed by atoms with Crippen molar-refractivity contribution in [3.05, 3.63) is 35.1 Å².